The van der Waals surface area contributed by atoms with Crippen LogP contribution >= 0.6 is 63.7 Å². The third-order valence-electron chi connectivity index (χ3n) is 2.69. The van der Waals surface area contributed by atoms with E-state index in [9.17, 15) is 15.0 Å². The van der Waals surface area contributed by atoms with Crippen molar-refractivity contribution in [3.05, 3.63) is 53.3 Å². The maximum Gasteiger partial charge on any atom is 0.275 e. The SMILES string of the molecule is O=C(N/N=C/c1cc(Br)c(O)c(Br)c1)c1cc(Br)cc(Br)c1O. The van der Waals surface area contributed by atoms with Crippen molar-refractivity contribution in [2.45, 2.75) is 0 Å². The first-order valence-corrected chi connectivity index (χ1v) is 9.16. The first-order chi connectivity index (χ1) is 10.8. The summed E-state index contributed by atoms with van der Waals surface area (Å²) in [6.07, 6.45) is 1.41. The maximum atomic E-state index is 12.1. The zero-order chi connectivity index (χ0) is 17.1. The van der Waals surface area contributed by atoms with Gasteiger partial charge < -0.3 is 10.2 Å². The number of nitrogens with one attached hydrogen (secondary N) is 1. The molecule has 9 heteroatoms. The molecule has 0 saturated heterocycles. The van der Waals surface area contributed by atoms with Crippen LogP contribution in [0.3, 0.4) is 0 Å². The Bertz CT molecular complexity index is 786. The summed E-state index contributed by atoms with van der Waals surface area (Å²) in [5, 5.41) is 23.4. The smallest absolute Gasteiger partial charge is 0.275 e. The summed E-state index contributed by atoms with van der Waals surface area (Å²) >= 11 is 12.8. The van der Waals surface area contributed by atoms with Gasteiger partial charge in [-0.2, -0.15) is 5.10 Å². The second-order valence-electron chi connectivity index (χ2n) is 4.32. The summed E-state index contributed by atoms with van der Waals surface area (Å²) in [5.41, 5.74) is 3.07. The molecule has 2 aromatic rings. The van der Waals surface area contributed by atoms with Crippen molar-refractivity contribution in [1.82, 2.24) is 5.43 Å². The summed E-state index contributed by atoms with van der Waals surface area (Å²) < 4.78 is 2.02. The van der Waals surface area contributed by atoms with Crippen LogP contribution in [-0.4, -0.2) is 22.3 Å². The highest BCUT2D eigenvalue weighted by molar-refractivity contribution is 9.11. The van der Waals surface area contributed by atoms with Gasteiger partial charge in [0.05, 0.1) is 25.2 Å². The zero-order valence-electron chi connectivity index (χ0n) is 11.1. The molecule has 1 amide bonds. The molecular weight excluding hydrogens is 564 g/mol. The van der Waals surface area contributed by atoms with Gasteiger partial charge in [0.1, 0.15) is 11.5 Å². The fourth-order valence-corrected chi connectivity index (χ4v) is 4.07. The van der Waals surface area contributed by atoms with Crippen LogP contribution in [0.5, 0.6) is 11.5 Å². The Hall–Kier alpha value is -0.900. The lowest BCUT2D eigenvalue weighted by molar-refractivity contribution is 0.0952. The molecule has 120 valence electrons. The Morgan fingerprint density at radius 2 is 1.52 bits per heavy atom. The van der Waals surface area contributed by atoms with E-state index in [1.165, 1.54) is 12.3 Å². The number of amides is 1. The van der Waals surface area contributed by atoms with E-state index in [0.29, 0.717) is 23.5 Å². The van der Waals surface area contributed by atoms with Gasteiger partial charge in [0.25, 0.3) is 5.91 Å². The number of carbonyl (C=O) groups excluding carboxylic acids is 1. The topological polar surface area (TPSA) is 81.9 Å². The Kier molecular flexibility index (Phi) is 6.24. The van der Waals surface area contributed by atoms with Gasteiger partial charge in [-0.05, 0) is 77.6 Å². The largest absolute Gasteiger partial charge is 0.506 e. The van der Waals surface area contributed by atoms with Crippen LogP contribution < -0.4 is 5.43 Å². The van der Waals surface area contributed by atoms with E-state index >= 15 is 0 Å². The number of hydrogen-bond acceptors (Lipinski definition) is 4. The number of aromatic hydroxyl groups is 2. The van der Waals surface area contributed by atoms with Crippen LogP contribution in [0.15, 0.2) is 47.3 Å². The van der Waals surface area contributed by atoms with E-state index < -0.39 is 5.91 Å². The quantitative estimate of drug-likeness (QED) is 0.362. The number of phenolic OH excluding ortho intramolecular Hbond substituents is 2. The molecule has 0 atom stereocenters. The van der Waals surface area contributed by atoms with E-state index in [4.69, 9.17) is 0 Å². The molecule has 0 aliphatic rings. The number of benzene rings is 2. The minimum absolute atomic E-state index is 0.0788. The predicted molar refractivity (Wildman–Crippen MR) is 102 cm³/mol. The molecule has 0 aliphatic heterocycles. The fraction of sp³-hybridized carbons (Fsp3) is 0. The summed E-state index contributed by atoms with van der Waals surface area (Å²) in [4.78, 5) is 12.1. The van der Waals surface area contributed by atoms with Gasteiger partial charge in [0.2, 0.25) is 0 Å². The van der Waals surface area contributed by atoms with Crippen LogP contribution in [0.25, 0.3) is 0 Å². The van der Waals surface area contributed by atoms with E-state index in [0.717, 1.165) is 0 Å². The third kappa shape index (κ3) is 4.56. The van der Waals surface area contributed by atoms with Crippen molar-refractivity contribution >= 4 is 75.8 Å². The molecule has 0 radical (unpaired) electrons. The number of hydrazone groups is 1. The van der Waals surface area contributed by atoms with E-state index in [1.54, 1.807) is 18.2 Å². The highest BCUT2D eigenvalue weighted by Gasteiger charge is 2.14. The van der Waals surface area contributed by atoms with Crippen LogP contribution in [0, 0.1) is 0 Å². The van der Waals surface area contributed by atoms with Crippen LogP contribution in [0.2, 0.25) is 0 Å². The van der Waals surface area contributed by atoms with Crippen LogP contribution in [-0.2, 0) is 0 Å². The Morgan fingerprint density at radius 1 is 0.957 bits per heavy atom. The first kappa shape index (κ1) is 18.4. The normalized spacial score (nSPS) is 11.0. The summed E-state index contributed by atoms with van der Waals surface area (Å²) in [7, 11) is 0. The second-order valence-corrected chi connectivity index (χ2v) is 7.79. The molecule has 0 saturated carbocycles. The number of carbonyl (C=O) groups is 1. The van der Waals surface area contributed by atoms with Gasteiger partial charge in [-0.1, -0.05) is 15.9 Å². The Morgan fingerprint density at radius 3 is 2.13 bits per heavy atom. The van der Waals surface area contributed by atoms with Gasteiger partial charge in [0, 0.05) is 4.47 Å². The third-order valence-corrected chi connectivity index (χ3v) is 4.96. The molecule has 0 spiro atoms. The molecule has 23 heavy (non-hydrogen) atoms. The molecule has 5 nitrogen and oxygen atoms in total. The molecule has 2 aromatic carbocycles. The molecule has 0 fully saturated rings. The molecule has 0 bridgehead atoms. The lowest BCUT2D eigenvalue weighted by Crippen LogP contribution is -2.17. The van der Waals surface area contributed by atoms with E-state index in [1.807, 2.05) is 0 Å². The molecule has 0 heterocycles. The van der Waals surface area contributed by atoms with Crippen molar-refractivity contribution in [3.63, 3.8) is 0 Å². The number of phenols is 2. The highest BCUT2D eigenvalue weighted by atomic mass is 79.9. The predicted octanol–water partition coefficient (Wildman–Crippen LogP) is 4.91. The van der Waals surface area contributed by atoms with Gasteiger partial charge in [0.15, 0.2) is 0 Å². The lowest BCUT2D eigenvalue weighted by atomic mass is 10.2. The zero-order valence-corrected chi connectivity index (χ0v) is 17.5. The van der Waals surface area contributed by atoms with Crippen molar-refractivity contribution in [3.8, 4) is 11.5 Å². The minimum atomic E-state index is -0.558. The minimum Gasteiger partial charge on any atom is -0.506 e. The highest BCUT2D eigenvalue weighted by Crippen LogP contribution is 2.33. The number of nitrogens with zero attached hydrogens (tertiary/aromatic N) is 1. The van der Waals surface area contributed by atoms with Crippen molar-refractivity contribution < 1.29 is 15.0 Å². The van der Waals surface area contributed by atoms with Gasteiger partial charge in [-0.25, -0.2) is 5.43 Å². The number of hydrogen-bond donors (Lipinski definition) is 3. The summed E-state index contributed by atoms with van der Waals surface area (Å²) in [6.45, 7) is 0. The lowest BCUT2D eigenvalue weighted by Gasteiger charge is -2.06. The number of halogens is 4. The summed E-state index contributed by atoms with van der Waals surface area (Å²) in [6, 6.07) is 6.39. The van der Waals surface area contributed by atoms with Gasteiger partial charge in [-0.3, -0.25) is 4.79 Å². The van der Waals surface area contributed by atoms with E-state index in [2.05, 4.69) is 74.2 Å². The Balaban J connectivity index is 2.16. The molecule has 3 N–H and O–H groups in total. The van der Waals surface area contributed by atoms with E-state index in [-0.39, 0.29) is 17.1 Å². The van der Waals surface area contributed by atoms with Crippen molar-refractivity contribution in [2.24, 2.45) is 5.10 Å². The van der Waals surface area contributed by atoms with Crippen molar-refractivity contribution in [2.75, 3.05) is 0 Å². The van der Waals surface area contributed by atoms with Crippen LogP contribution in [0.1, 0.15) is 15.9 Å². The van der Waals surface area contributed by atoms with Crippen LogP contribution in [0.4, 0.5) is 0 Å². The van der Waals surface area contributed by atoms with Gasteiger partial charge >= 0.3 is 0 Å². The average molecular weight is 572 g/mol. The molecule has 0 aromatic heterocycles. The average Bonchev–Trinajstić information content (AvgIpc) is 2.48. The second kappa shape index (κ2) is 7.78. The monoisotopic (exact) mass is 568 g/mol. The fourth-order valence-electron chi connectivity index (χ4n) is 1.62. The van der Waals surface area contributed by atoms with Crippen molar-refractivity contribution in [1.29, 1.82) is 0 Å². The first-order valence-electron chi connectivity index (χ1n) is 5.99. The maximum absolute atomic E-state index is 12.1. The molecule has 2 rings (SSSR count). The van der Waals surface area contributed by atoms with Gasteiger partial charge in [-0.15, -0.1) is 0 Å². The standard InChI is InChI=1S/C14H8Br4N2O3/c15-7-3-8(12(21)11(18)4-7)14(23)20-19-5-6-1-9(16)13(22)10(17)2-6/h1-5,21-22H,(H,20,23)/b19-5+. The molecular formula is C14H8Br4N2O3. The summed E-state index contributed by atoms with van der Waals surface area (Å²) in [5.74, 6) is -0.649. The molecule has 0 aliphatic carbocycles. The Labute approximate surface area is 165 Å². The molecule has 0 unspecified atom stereocenters. The number of rotatable bonds is 3.